The first-order chi connectivity index (χ1) is 24.3. The Bertz CT molecular complexity index is 803. The molecule has 2 aliphatic heterocycles. The molecule has 0 bridgehead atoms. The maximum Gasteiger partial charge on any atom is 0.353 e. The summed E-state index contributed by atoms with van der Waals surface area (Å²) in [4.78, 5) is 26.4. The molecule has 0 unspecified atom stereocenters. The predicted molar refractivity (Wildman–Crippen MR) is 215 cm³/mol. The van der Waals surface area contributed by atoms with Gasteiger partial charge in [0.15, 0.2) is 11.3 Å². The fraction of sp³-hybridized carbons (Fsp3) is 0.950. The first kappa shape index (κ1) is 45.9. The van der Waals surface area contributed by atoms with E-state index in [0.29, 0.717) is 12.8 Å². The molecular weight excluding hydrogens is 710 g/mol. The molecule has 0 spiro atoms. The van der Waals surface area contributed by atoms with Gasteiger partial charge in [0.25, 0.3) is 0 Å². The molecule has 0 saturated carbocycles. The number of urea groups is 2. The topological polar surface area (TPSA) is 47.1 Å². The molecule has 0 N–H and O–H groups in total. The van der Waals surface area contributed by atoms with E-state index in [1.165, 1.54) is 167 Å². The van der Waals surface area contributed by atoms with Crippen molar-refractivity contribution in [3.05, 3.63) is 0 Å². The third-order valence-electron chi connectivity index (χ3n) is 11.4. The van der Waals surface area contributed by atoms with Crippen molar-refractivity contribution in [3.8, 4) is 0 Å². The zero-order valence-corrected chi connectivity index (χ0v) is 35.2. The quantitative estimate of drug-likeness (QED) is 0.0482. The summed E-state index contributed by atoms with van der Waals surface area (Å²) >= 11 is 26.7. The molecule has 2 heterocycles. The minimum absolute atomic E-state index is 0.418. The fourth-order valence-corrected chi connectivity index (χ4v) is 9.84. The minimum Gasteiger partial charge on any atom is -0.245 e. The van der Waals surface area contributed by atoms with Gasteiger partial charge in [-0.05, 0) is 25.7 Å². The van der Waals surface area contributed by atoms with Crippen LogP contribution in [0.2, 0.25) is 0 Å². The summed E-state index contributed by atoms with van der Waals surface area (Å²) in [6.07, 6.45) is 41.4. The number of carbonyl (C=O) groups is 2. The van der Waals surface area contributed by atoms with Gasteiger partial charge in [-0.25, -0.2) is 27.3 Å². The van der Waals surface area contributed by atoms with Gasteiger partial charge in [0.05, 0.1) is 0 Å². The molecule has 2 aliphatic rings. The van der Waals surface area contributed by atoms with Crippen molar-refractivity contribution in [2.45, 2.75) is 243 Å². The second kappa shape index (κ2) is 27.3. The second-order valence-corrected chi connectivity index (χ2v) is 16.8. The Hall–Kier alpha value is -0.300. The van der Waals surface area contributed by atoms with Crippen LogP contribution >= 0.6 is 47.1 Å². The maximum atomic E-state index is 13.2. The van der Waals surface area contributed by atoms with E-state index in [-0.39, 0.29) is 0 Å². The molecule has 0 atom stereocenters. The zero-order valence-electron chi connectivity index (χ0n) is 32.2. The fourth-order valence-electron chi connectivity index (χ4n) is 8.20. The summed E-state index contributed by atoms with van der Waals surface area (Å²) in [5, 5.41) is 0. The third kappa shape index (κ3) is 13.8. The number of halogens is 4. The lowest BCUT2D eigenvalue weighted by molar-refractivity contribution is 0.0173. The molecule has 2 rings (SSSR count). The number of unbranched alkanes of at least 4 members (excludes halogenated alkanes) is 30. The Morgan fingerprint density at radius 2 is 0.480 bits per heavy atom. The monoisotopic (exact) mass is 782 g/mol. The van der Waals surface area contributed by atoms with Gasteiger partial charge in [-0.3, -0.25) is 0 Å². The highest BCUT2D eigenvalue weighted by Crippen LogP contribution is 2.59. The number of hydrogen-bond donors (Lipinski definition) is 0. The standard InChI is InChI=1S/C40H74Cl4N4O2/c1-3-5-7-9-11-13-15-17-19-21-23-25-27-29-31-33-35-39-40(47(43)37(49)45(39)41,48(44)38(50)46(39)42)36-34-32-30-28-26-24-22-20-18-16-14-12-10-8-6-4-2/h3-36H2,1-2H3. The van der Waals surface area contributed by atoms with Gasteiger partial charge in [0.2, 0.25) is 0 Å². The van der Waals surface area contributed by atoms with Crippen molar-refractivity contribution in [2.75, 3.05) is 0 Å². The van der Waals surface area contributed by atoms with Crippen LogP contribution in [0.15, 0.2) is 0 Å². The van der Waals surface area contributed by atoms with Crippen LogP contribution in [0.25, 0.3) is 0 Å². The van der Waals surface area contributed by atoms with Crippen molar-refractivity contribution in [2.24, 2.45) is 0 Å². The van der Waals surface area contributed by atoms with Gasteiger partial charge in [-0.15, -0.1) is 0 Å². The Kier molecular flexibility index (Phi) is 25.0. The third-order valence-corrected chi connectivity index (χ3v) is 13.1. The van der Waals surface area contributed by atoms with Crippen molar-refractivity contribution in [3.63, 3.8) is 0 Å². The Labute approximate surface area is 328 Å². The molecule has 0 aromatic carbocycles. The van der Waals surface area contributed by atoms with Crippen molar-refractivity contribution in [1.29, 1.82) is 0 Å². The van der Waals surface area contributed by atoms with Crippen LogP contribution in [-0.2, 0) is 0 Å². The molecule has 2 fully saturated rings. The van der Waals surface area contributed by atoms with Crippen molar-refractivity contribution < 1.29 is 9.59 Å². The maximum absolute atomic E-state index is 13.2. The highest BCUT2D eigenvalue weighted by molar-refractivity contribution is 6.35. The van der Waals surface area contributed by atoms with Gasteiger partial charge in [0.1, 0.15) is 0 Å². The summed E-state index contributed by atoms with van der Waals surface area (Å²) in [7, 11) is 0. The zero-order chi connectivity index (χ0) is 36.5. The van der Waals surface area contributed by atoms with E-state index in [9.17, 15) is 9.59 Å². The van der Waals surface area contributed by atoms with Gasteiger partial charge in [-0.1, -0.05) is 206 Å². The normalized spacial score (nSPS) is 20.6. The lowest BCUT2D eigenvalue weighted by atomic mass is 9.85. The van der Waals surface area contributed by atoms with Crippen LogP contribution in [0.5, 0.6) is 0 Å². The minimum atomic E-state index is -1.33. The molecule has 0 aliphatic carbocycles. The van der Waals surface area contributed by atoms with Crippen LogP contribution < -0.4 is 0 Å². The molecule has 0 aromatic heterocycles. The first-order valence-electron chi connectivity index (χ1n) is 21.2. The summed E-state index contributed by atoms with van der Waals surface area (Å²) in [5.74, 6) is 0. The molecule has 294 valence electrons. The number of fused-ring (bicyclic) bond motifs is 1. The average molecular weight is 785 g/mol. The molecule has 2 saturated heterocycles. The van der Waals surface area contributed by atoms with Crippen LogP contribution in [0.3, 0.4) is 0 Å². The molecule has 0 aromatic rings. The van der Waals surface area contributed by atoms with E-state index in [1.54, 1.807) is 0 Å². The first-order valence-corrected chi connectivity index (χ1v) is 22.6. The Morgan fingerprint density at radius 3 is 0.660 bits per heavy atom. The molecule has 0 radical (unpaired) electrons. The van der Waals surface area contributed by atoms with Crippen LogP contribution in [0, 0.1) is 0 Å². The number of hydrogen-bond acceptors (Lipinski definition) is 2. The number of carbonyl (C=O) groups excluding carboxylic acids is 2. The molecule has 6 nitrogen and oxygen atoms in total. The summed E-state index contributed by atoms with van der Waals surface area (Å²) in [5.41, 5.74) is -2.67. The summed E-state index contributed by atoms with van der Waals surface area (Å²) in [6.45, 7) is 4.55. The van der Waals surface area contributed by atoms with Crippen LogP contribution in [0.4, 0.5) is 9.59 Å². The number of nitrogens with zero attached hydrogens (tertiary/aromatic N) is 4. The Balaban J connectivity index is 1.67. The van der Waals surface area contributed by atoms with Crippen molar-refractivity contribution in [1.82, 2.24) is 17.7 Å². The van der Waals surface area contributed by atoms with E-state index in [1.807, 2.05) is 0 Å². The molecule has 10 heteroatoms. The SMILES string of the molecule is CCCCCCCCCCCCCCCCCCC12N(Cl)C(=O)N(Cl)C1(CCCCCCCCCCCCCCCCCC)N(Cl)C(=O)N2Cl. The number of rotatable bonds is 34. The second-order valence-electron chi connectivity index (χ2n) is 15.4. The van der Waals surface area contributed by atoms with E-state index < -0.39 is 23.4 Å². The van der Waals surface area contributed by atoms with Gasteiger partial charge < -0.3 is 0 Å². The van der Waals surface area contributed by atoms with Crippen LogP contribution in [0.1, 0.15) is 232 Å². The highest BCUT2D eigenvalue weighted by Gasteiger charge is 2.79. The number of amides is 4. The van der Waals surface area contributed by atoms with Gasteiger partial charge >= 0.3 is 12.1 Å². The lowest BCUT2D eigenvalue weighted by Gasteiger charge is -2.43. The van der Waals surface area contributed by atoms with E-state index >= 15 is 0 Å². The van der Waals surface area contributed by atoms with Crippen molar-refractivity contribution >= 4 is 59.2 Å². The lowest BCUT2D eigenvalue weighted by Crippen LogP contribution is -2.63. The smallest absolute Gasteiger partial charge is 0.245 e. The van der Waals surface area contributed by atoms with E-state index in [4.69, 9.17) is 47.1 Å². The largest absolute Gasteiger partial charge is 0.353 e. The average Bonchev–Trinajstić information content (AvgIpc) is 3.38. The summed E-state index contributed by atoms with van der Waals surface area (Å²) < 4.78 is 4.13. The molecular formula is C40H74Cl4N4O2. The predicted octanol–water partition coefficient (Wildman–Crippen LogP) is 15.8. The summed E-state index contributed by atoms with van der Waals surface area (Å²) in [6, 6.07) is -1.18. The van der Waals surface area contributed by atoms with Gasteiger partial charge in [-0.2, -0.15) is 0 Å². The highest BCUT2D eigenvalue weighted by atomic mass is 35.5. The van der Waals surface area contributed by atoms with E-state index in [2.05, 4.69) is 13.8 Å². The molecule has 50 heavy (non-hydrogen) atoms. The van der Waals surface area contributed by atoms with Gasteiger partial charge in [0, 0.05) is 47.1 Å². The Morgan fingerprint density at radius 1 is 0.320 bits per heavy atom. The molecule has 4 amide bonds. The van der Waals surface area contributed by atoms with E-state index in [0.717, 1.165) is 56.2 Å². The van der Waals surface area contributed by atoms with Crippen LogP contribution in [-0.4, -0.2) is 41.1 Å².